The maximum absolute atomic E-state index is 6.94. The van der Waals surface area contributed by atoms with Gasteiger partial charge in [-0.25, -0.2) is 0 Å². The van der Waals surface area contributed by atoms with Crippen LogP contribution in [0.15, 0.2) is 52.9 Å². The maximum Gasteiger partial charge on any atom is 0.137 e. The summed E-state index contributed by atoms with van der Waals surface area (Å²) >= 11 is 0. The lowest BCUT2D eigenvalue weighted by Crippen LogP contribution is -2.50. The highest BCUT2D eigenvalue weighted by atomic mass is 16.3. The lowest BCUT2D eigenvalue weighted by atomic mass is 9.59. The highest BCUT2D eigenvalue weighted by Crippen LogP contribution is 2.62. The molecule has 6 aromatic rings. The molecule has 43 heavy (non-hydrogen) atoms. The number of furan rings is 1. The Labute approximate surface area is 260 Å². The summed E-state index contributed by atoms with van der Waals surface area (Å²) in [5.74, 6) is 0. The molecule has 0 saturated heterocycles. The quantitative estimate of drug-likeness (QED) is 0.238. The van der Waals surface area contributed by atoms with Crippen LogP contribution in [0.25, 0.3) is 49.4 Å². The van der Waals surface area contributed by atoms with Crippen molar-refractivity contribution in [3.8, 4) is 5.69 Å². The lowest BCUT2D eigenvalue weighted by Gasteiger charge is -2.44. The van der Waals surface area contributed by atoms with Crippen LogP contribution in [-0.2, 0) is 16.2 Å². The fraction of sp³-hybridized carbons (Fsp3) is 0.351. The number of hydrogen-bond acceptors (Lipinski definition) is 1. The molecule has 1 aliphatic carbocycles. The Morgan fingerprint density at radius 2 is 1.14 bits per heavy atom. The molecule has 0 saturated carbocycles. The molecule has 206 valence electrons. The van der Waals surface area contributed by atoms with Gasteiger partial charge >= 0.3 is 0 Å². The Morgan fingerprint density at radius 1 is 0.605 bits per heavy atom. The third kappa shape index (κ3) is 3.42. The van der Waals surface area contributed by atoms with Crippen LogP contribution in [0.1, 0.15) is 79.0 Å². The zero-order chi connectivity index (χ0) is 31.2. The standard InChI is InChI=1S/C37H35B4NO/c1-34(2,3)28-29(38)31(40)33(32(41)30(28)39)42-24-16-23-22(35(4,5)37(8,9)36(23,6)7)15-20(24)19-14-21-18-12-10-11-13-26(18)43-27(21)17-25(19)42/h10-17H,1-9H3. The van der Waals surface area contributed by atoms with E-state index >= 15 is 0 Å². The number of rotatable bonds is 1. The third-order valence-corrected chi connectivity index (χ3v) is 11.5. The molecule has 2 heterocycles. The van der Waals surface area contributed by atoms with Crippen molar-refractivity contribution in [2.24, 2.45) is 5.41 Å². The van der Waals surface area contributed by atoms with Crippen LogP contribution in [0, 0.1) is 5.41 Å². The molecule has 0 unspecified atom stereocenters. The molecule has 0 bridgehead atoms. The van der Waals surface area contributed by atoms with E-state index in [-0.39, 0.29) is 21.7 Å². The van der Waals surface area contributed by atoms with Gasteiger partial charge in [-0.1, -0.05) is 108 Å². The number of para-hydroxylation sites is 1. The van der Waals surface area contributed by atoms with Crippen molar-refractivity contribution in [2.45, 2.75) is 78.6 Å². The van der Waals surface area contributed by atoms with Crippen LogP contribution >= 0.6 is 0 Å². The van der Waals surface area contributed by atoms with E-state index in [1.807, 2.05) is 18.2 Å². The first-order chi connectivity index (χ1) is 19.9. The maximum atomic E-state index is 6.94. The number of nitrogens with zero attached hydrogens (tertiary/aromatic N) is 1. The smallest absolute Gasteiger partial charge is 0.137 e. The van der Waals surface area contributed by atoms with E-state index in [2.05, 4.69) is 97.2 Å². The summed E-state index contributed by atoms with van der Waals surface area (Å²) in [4.78, 5) is 0. The van der Waals surface area contributed by atoms with Crippen LogP contribution in [-0.4, -0.2) is 36.0 Å². The molecule has 4 aromatic carbocycles. The van der Waals surface area contributed by atoms with Crippen LogP contribution in [0.4, 0.5) is 0 Å². The second kappa shape index (κ2) is 8.46. The first-order valence-electron chi connectivity index (χ1n) is 15.1. The van der Waals surface area contributed by atoms with Crippen LogP contribution in [0.3, 0.4) is 0 Å². The van der Waals surface area contributed by atoms with Crippen molar-refractivity contribution >= 4 is 97.0 Å². The average molecular weight is 553 g/mol. The molecule has 1 aliphatic rings. The van der Waals surface area contributed by atoms with Crippen LogP contribution in [0.2, 0.25) is 0 Å². The Kier molecular flexibility index (Phi) is 5.61. The summed E-state index contributed by atoms with van der Waals surface area (Å²) in [5.41, 5.74) is 9.06. The summed E-state index contributed by atoms with van der Waals surface area (Å²) in [6.45, 7) is 20.4. The SMILES string of the molecule is [B]c1c([B])c(C(C)(C)C)c([B])c([B])c1-n1c2cc3c(cc2c2cc4c(cc21)oc1ccccc14)C(C)(C)C(C)(C)C3(C)C. The first-order valence-corrected chi connectivity index (χ1v) is 15.1. The largest absolute Gasteiger partial charge is 0.456 e. The first kappa shape index (κ1) is 28.5. The number of benzene rings is 4. The molecule has 0 atom stereocenters. The molecule has 8 radical (unpaired) electrons. The Morgan fingerprint density at radius 3 is 1.74 bits per heavy atom. The molecule has 0 spiro atoms. The van der Waals surface area contributed by atoms with Crippen molar-refractivity contribution in [3.63, 3.8) is 0 Å². The molecule has 2 nitrogen and oxygen atoms in total. The number of aromatic nitrogens is 1. The minimum absolute atomic E-state index is 0.0110. The zero-order valence-corrected chi connectivity index (χ0v) is 26.8. The summed E-state index contributed by atoms with van der Waals surface area (Å²) in [6, 6.07) is 17.3. The van der Waals surface area contributed by atoms with Crippen molar-refractivity contribution in [3.05, 3.63) is 65.2 Å². The molecule has 0 aliphatic heterocycles. The van der Waals surface area contributed by atoms with Gasteiger partial charge in [0.15, 0.2) is 0 Å². The van der Waals surface area contributed by atoms with E-state index < -0.39 is 0 Å². The van der Waals surface area contributed by atoms with E-state index in [1.54, 1.807) is 0 Å². The summed E-state index contributed by atoms with van der Waals surface area (Å²) in [5, 5.41) is 4.40. The Bertz CT molecular complexity index is 2160. The van der Waals surface area contributed by atoms with Gasteiger partial charge in [-0.3, -0.25) is 0 Å². The van der Waals surface area contributed by atoms with Crippen molar-refractivity contribution in [2.75, 3.05) is 0 Å². The molecule has 0 amide bonds. The van der Waals surface area contributed by atoms with E-state index in [1.165, 1.54) is 11.1 Å². The number of fused-ring (bicyclic) bond motifs is 7. The van der Waals surface area contributed by atoms with E-state index in [9.17, 15) is 0 Å². The van der Waals surface area contributed by atoms with Crippen molar-refractivity contribution < 1.29 is 4.42 Å². The van der Waals surface area contributed by atoms with Gasteiger partial charge in [0.25, 0.3) is 0 Å². The fourth-order valence-electron chi connectivity index (χ4n) is 7.87. The van der Waals surface area contributed by atoms with Gasteiger partial charge < -0.3 is 8.98 Å². The van der Waals surface area contributed by atoms with Gasteiger partial charge in [0.1, 0.15) is 42.6 Å². The average Bonchev–Trinajstić information content (AvgIpc) is 3.46. The predicted octanol–water partition coefficient (Wildman–Crippen LogP) is 5.75. The molecule has 0 N–H and O–H groups in total. The minimum atomic E-state index is -0.335. The zero-order valence-electron chi connectivity index (χ0n) is 26.8. The van der Waals surface area contributed by atoms with Crippen LogP contribution < -0.4 is 21.9 Å². The van der Waals surface area contributed by atoms with E-state index in [0.717, 1.165) is 49.3 Å². The van der Waals surface area contributed by atoms with Crippen molar-refractivity contribution in [1.29, 1.82) is 0 Å². The molecule has 7 rings (SSSR count). The molecule has 0 fully saturated rings. The lowest BCUT2D eigenvalue weighted by molar-refractivity contribution is 0.125. The Hall–Kier alpha value is -3.26. The molecular weight excluding hydrogens is 518 g/mol. The fourth-order valence-corrected chi connectivity index (χ4v) is 7.87. The van der Waals surface area contributed by atoms with Gasteiger partial charge in [0, 0.05) is 33.3 Å². The highest BCUT2D eigenvalue weighted by Gasteiger charge is 2.57. The number of hydrogen-bond donors (Lipinski definition) is 0. The predicted molar refractivity (Wildman–Crippen MR) is 188 cm³/mol. The monoisotopic (exact) mass is 553 g/mol. The van der Waals surface area contributed by atoms with Crippen molar-refractivity contribution in [1.82, 2.24) is 4.57 Å². The normalized spacial score (nSPS) is 17.4. The second-order valence-corrected chi connectivity index (χ2v) is 15.2. The molecule has 6 heteroatoms. The van der Waals surface area contributed by atoms with E-state index in [4.69, 9.17) is 35.8 Å². The van der Waals surface area contributed by atoms with Gasteiger partial charge in [-0.05, 0) is 57.1 Å². The van der Waals surface area contributed by atoms with Gasteiger partial charge in [0.2, 0.25) is 0 Å². The minimum Gasteiger partial charge on any atom is -0.456 e. The Balaban J connectivity index is 1.71. The van der Waals surface area contributed by atoms with Gasteiger partial charge in [0.05, 0.1) is 11.0 Å². The third-order valence-electron chi connectivity index (χ3n) is 11.5. The second-order valence-electron chi connectivity index (χ2n) is 15.2. The topological polar surface area (TPSA) is 18.1 Å². The summed E-state index contributed by atoms with van der Waals surface area (Å²) < 4.78 is 8.53. The summed E-state index contributed by atoms with van der Waals surface area (Å²) in [7, 11) is 27.5. The van der Waals surface area contributed by atoms with E-state index in [0.29, 0.717) is 27.5 Å². The molecule has 2 aromatic heterocycles. The highest BCUT2D eigenvalue weighted by molar-refractivity contribution is 6.59. The van der Waals surface area contributed by atoms with Gasteiger partial charge in [-0.2, -0.15) is 0 Å². The molecular formula is C37H35B4NO. The summed E-state index contributed by atoms with van der Waals surface area (Å²) in [6.07, 6.45) is 0. The van der Waals surface area contributed by atoms with Crippen LogP contribution in [0.5, 0.6) is 0 Å². The van der Waals surface area contributed by atoms with Gasteiger partial charge in [-0.15, -0.1) is 0 Å².